The zero-order valence-corrected chi connectivity index (χ0v) is 12.1. The van der Waals surface area contributed by atoms with Crippen molar-refractivity contribution < 1.29 is 0 Å². The fourth-order valence-corrected chi connectivity index (χ4v) is 3.67. The molecule has 0 N–H and O–H groups in total. The van der Waals surface area contributed by atoms with E-state index in [4.69, 9.17) is 0 Å². The fourth-order valence-electron chi connectivity index (χ4n) is 1.16. The van der Waals surface area contributed by atoms with Crippen molar-refractivity contribution in [1.29, 1.82) is 0 Å². The minimum absolute atomic E-state index is 0.142. The number of hydrogen-bond acceptors (Lipinski definition) is 3. The molecule has 0 aliphatic carbocycles. The van der Waals surface area contributed by atoms with Gasteiger partial charge in [-0.2, -0.15) is 0 Å². The van der Waals surface area contributed by atoms with Crippen LogP contribution in [0.15, 0.2) is 21.3 Å². The van der Waals surface area contributed by atoms with Crippen LogP contribution in [0.4, 0.5) is 0 Å². The van der Waals surface area contributed by atoms with E-state index in [0.29, 0.717) is 0 Å². The van der Waals surface area contributed by atoms with Crippen LogP contribution in [-0.4, -0.2) is 4.98 Å². The molecule has 2 rings (SSSR count). The molecule has 0 atom stereocenters. The highest BCUT2D eigenvalue weighted by Gasteiger charge is 2.18. The van der Waals surface area contributed by atoms with Crippen molar-refractivity contribution in [2.24, 2.45) is 0 Å². The predicted octanol–water partition coefficient (Wildman–Crippen LogP) is 4.93. The molecule has 0 spiro atoms. The first-order valence-electron chi connectivity index (χ1n) is 4.68. The van der Waals surface area contributed by atoms with Gasteiger partial charge in [0, 0.05) is 10.8 Å². The van der Waals surface area contributed by atoms with Crippen LogP contribution in [0.1, 0.15) is 26.5 Å². The largest absolute Gasteiger partial charge is 0.240 e. The maximum absolute atomic E-state index is 4.67. The molecule has 0 aliphatic rings. The van der Waals surface area contributed by atoms with Gasteiger partial charge in [-0.1, -0.05) is 20.8 Å². The normalized spacial score (nSPS) is 12.0. The van der Waals surface area contributed by atoms with Crippen molar-refractivity contribution in [2.45, 2.75) is 26.2 Å². The molecule has 2 aromatic rings. The monoisotopic (exact) mass is 301 g/mol. The van der Waals surface area contributed by atoms with Crippen LogP contribution < -0.4 is 0 Å². The van der Waals surface area contributed by atoms with E-state index in [2.05, 4.69) is 59.2 Å². The van der Waals surface area contributed by atoms with Gasteiger partial charge in [0.15, 0.2) is 0 Å². The Bertz CT molecular complexity index is 465. The molecule has 0 fully saturated rings. The van der Waals surface area contributed by atoms with Crippen molar-refractivity contribution in [3.8, 4) is 9.88 Å². The summed E-state index contributed by atoms with van der Waals surface area (Å²) < 4.78 is 1.16. The smallest absolute Gasteiger partial charge is 0.133 e. The molecule has 15 heavy (non-hydrogen) atoms. The highest BCUT2D eigenvalue weighted by atomic mass is 79.9. The Labute approximate surface area is 106 Å². The van der Waals surface area contributed by atoms with Crippen molar-refractivity contribution in [3.63, 3.8) is 0 Å². The van der Waals surface area contributed by atoms with Gasteiger partial charge in [-0.25, -0.2) is 4.98 Å². The molecule has 1 nitrogen and oxygen atoms in total. The van der Waals surface area contributed by atoms with E-state index in [1.807, 2.05) is 0 Å². The van der Waals surface area contributed by atoms with E-state index in [0.717, 1.165) is 8.79 Å². The van der Waals surface area contributed by atoms with Crippen molar-refractivity contribution in [3.05, 3.63) is 27.0 Å². The quantitative estimate of drug-likeness (QED) is 0.727. The lowest BCUT2D eigenvalue weighted by molar-refractivity contribution is 0.573. The van der Waals surface area contributed by atoms with Crippen molar-refractivity contribution in [2.75, 3.05) is 0 Å². The number of nitrogens with zero attached hydrogens (tertiary/aromatic N) is 1. The summed E-state index contributed by atoms with van der Waals surface area (Å²) in [6, 6.07) is 4.18. The van der Waals surface area contributed by atoms with E-state index in [1.165, 1.54) is 10.6 Å². The molecule has 0 radical (unpaired) electrons. The highest BCUT2D eigenvalue weighted by Crippen LogP contribution is 2.35. The Morgan fingerprint density at radius 3 is 2.47 bits per heavy atom. The first kappa shape index (κ1) is 11.3. The first-order valence-corrected chi connectivity index (χ1v) is 7.17. The summed E-state index contributed by atoms with van der Waals surface area (Å²) in [6.07, 6.45) is 0. The molecule has 80 valence electrons. The molecule has 0 saturated heterocycles. The summed E-state index contributed by atoms with van der Waals surface area (Å²) in [4.78, 5) is 5.91. The van der Waals surface area contributed by atoms with Crippen LogP contribution in [0.2, 0.25) is 0 Å². The number of hydrogen-bond donors (Lipinski definition) is 0. The first-order chi connectivity index (χ1) is 6.97. The Balaban J connectivity index is 2.36. The predicted molar refractivity (Wildman–Crippen MR) is 71.8 cm³/mol. The molecule has 0 aromatic carbocycles. The Morgan fingerprint density at radius 1 is 1.27 bits per heavy atom. The van der Waals surface area contributed by atoms with Gasteiger partial charge in [-0.15, -0.1) is 22.7 Å². The summed E-state index contributed by atoms with van der Waals surface area (Å²) >= 11 is 6.92. The van der Waals surface area contributed by atoms with Gasteiger partial charge < -0.3 is 0 Å². The van der Waals surface area contributed by atoms with Gasteiger partial charge in [0.25, 0.3) is 0 Å². The summed E-state index contributed by atoms with van der Waals surface area (Å²) in [5.41, 5.74) is 1.32. The number of thiophene rings is 1. The number of rotatable bonds is 1. The maximum Gasteiger partial charge on any atom is 0.133 e. The second kappa shape index (κ2) is 4.00. The molecule has 2 heterocycles. The van der Waals surface area contributed by atoms with Gasteiger partial charge in [0.1, 0.15) is 5.01 Å². The van der Waals surface area contributed by atoms with Gasteiger partial charge in [-0.05, 0) is 28.1 Å². The van der Waals surface area contributed by atoms with E-state index in [9.17, 15) is 0 Å². The third-order valence-electron chi connectivity index (χ3n) is 2.06. The molecule has 4 heteroatoms. The molecular formula is C11H12BrNS2. The molecular weight excluding hydrogens is 290 g/mol. The van der Waals surface area contributed by atoms with Crippen LogP contribution in [0.3, 0.4) is 0 Å². The molecule has 0 amide bonds. The number of aromatic nitrogens is 1. The zero-order chi connectivity index (χ0) is 11.1. The molecule has 2 aromatic heterocycles. The average molecular weight is 302 g/mol. The average Bonchev–Trinajstić information content (AvgIpc) is 2.69. The van der Waals surface area contributed by atoms with E-state index < -0.39 is 0 Å². The Hall–Kier alpha value is -0.190. The summed E-state index contributed by atoms with van der Waals surface area (Å²) in [6.45, 7) is 6.57. The molecule has 0 saturated carbocycles. The van der Waals surface area contributed by atoms with Crippen LogP contribution in [0.25, 0.3) is 9.88 Å². The van der Waals surface area contributed by atoms with Gasteiger partial charge in [0.2, 0.25) is 0 Å². The summed E-state index contributed by atoms with van der Waals surface area (Å²) in [5, 5.41) is 3.28. The second-order valence-corrected chi connectivity index (χ2v) is 7.71. The fraction of sp³-hybridized carbons (Fsp3) is 0.364. The van der Waals surface area contributed by atoms with Crippen LogP contribution in [0.5, 0.6) is 0 Å². The van der Waals surface area contributed by atoms with Crippen molar-refractivity contribution >= 4 is 38.6 Å². The topological polar surface area (TPSA) is 12.9 Å². The lowest BCUT2D eigenvalue weighted by Gasteiger charge is -2.14. The van der Waals surface area contributed by atoms with Crippen molar-refractivity contribution in [1.82, 2.24) is 4.98 Å². The molecule has 0 bridgehead atoms. The second-order valence-electron chi connectivity index (χ2n) is 4.39. The Kier molecular flexibility index (Phi) is 3.01. The van der Waals surface area contributed by atoms with Gasteiger partial charge in [0.05, 0.1) is 14.4 Å². The standard InChI is InChI=1S/C11H12BrNS2/c1-11(2,3)8-6-14-10(13-8)7-4-5-9(12)15-7/h4-6H,1-3H3. The zero-order valence-electron chi connectivity index (χ0n) is 8.87. The SMILES string of the molecule is CC(C)(C)c1csc(-c2ccc(Br)s2)n1. The van der Waals surface area contributed by atoms with Crippen LogP contribution in [0, 0.1) is 0 Å². The van der Waals surface area contributed by atoms with E-state index in [-0.39, 0.29) is 5.41 Å². The highest BCUT2D eigenvalue weighted by molar-refractivity contribution is 9.11. The molecule has 0 aliphatic heterocycles. The van der Waals surface area contributed by atoms with Gasteiger partial charge >= 0.3 is 0 Å². The summed E-state index contributed by atoms with van der Waals surface area (Å²) in [7, 11) is 0. The Morgan fingerprint density at radius 2 is 2.00 bits per heavy atom. The molecule has 0 unspecified atom stereocenters. The lowest BCUT2D eigenvalue weighted by atomic mass is 9.93. The maximum atomic E-state index is 4.67. The van der Waals surface area contributed by atoms with Gasteiger partial charge in [-0.3, -0.25) is 0 Å². The van der Waals surface area contributed by atoms with E-state index in [1.54, 1.807) is 22.7 Å². The van der Waals surface area contributed by atoms with Crippen LogP contribution >= 0.6 is 38.6 Å². The number of thiazole rings is 1. The van der Waals surface area contributed by atoms with E-state index >= 15 is 0 Å². The lowest BCUT2D eigenvalue weighted by Crippen LogP contribution is -2.11. The van der Waals surface area contributed by atoms with Crippen LogP contribution in [-0.2, 0) is 5.41 Å². The summed E-state index contributed by atoms with van der Waals surface area (Å²) in [5.74, 6) is 0. The third-order valence-corrected chi connectivity index (χ3v) is 4.69. The third kappa shape index (κ3) is 2.49. The number of halogens is 1. The minimum atomic E-state index is 0.142. The minimum Gasteiger partial charge on any atom is -0.240 e.